The predicted octanol–water partition coefficient (Wildman–Crippen LogP) is -5.54. The van der Waals surface area contributed by atoms with Gasteiger partial charge in [-0.3, -0.25) is 44.3 Å². The minimum absolute atomic E-state index is 0.00635. The van der Waals surface area contributed by atoms with Gasteiger partial charge in [-0.1, -0.05) is 0 Å². The van der Waals surface area contributed by atoms with E-state index in [0.717, 1.165) is 38.7 Å². The summed E-state index contributed by atoms with van der Waals surface area (Å²) in [6.45, 7) is -3.12. The van der Waals surface area contributed by atoms with Gasteiger partial charge in [0.15, 0.2) is 18.2 Å². The van der Waals surface area contributed by atoms with Crippen LogP contribution in [0.2, 0.25) is 0 Å². The smallest absolute Gasteiger partial charge is 0.306 e. The molecule has 430 valence electrons. The van der Waals surface area contributed by atoms with Crippen molar-refractivity contribution in [3.8, 4) is 22.9 Å². The Labute approximate surface area is 458 Å². The van der Waals surface area contributed by atoms with Crippen molar-refractivity contribution in [2.75, 3.05) is 46.6 Å². The maximum absolute atomic E-state index is 14.3. The lowest BCUT2D eigenvalue weighted by molar-refractivity contribution is -0.440. The van der Waals surface area contributed by atoms with Gasteiger partial charge in [0, 0.05) is 40.3 Å². The highest BCUT2D eigenvalue weighted by Gasteiger charge is 2.71. The molecule has 2 fully saturated rings. The number of fused-ring (bicyclic) bond motifs is 2. The van der Waals surface area contributed by atoms with E-state index in [-0.39, 0.29) is 56.7 Å². The number of carbonyl (C=O) groups excluding carboxylic acids is 6. The van der Waals surface area contributed by atoms with Gasteiger partial charge in [0.25, 0.3) is 41.2 Å². The molecule has 0 bridgehead atoms. The van der Waals surface area contributed by atoms with E-state index in [0.29, 0.717) is 21.2 Å². The largest absolute Gasteiger partial charge is 0.497 e. The number of piperidine rings is 2. The van der Waals surface area contributed by atoms with Crippen LogP contribution < -0.4 is 46.3 Å². The van der Waals surface area contributed by atoms with Gasteiger partial charge in [-0.25, -0.2) is 9.36 Å². The van der Waals surface area contributed by atoms with E-state index < -0.39 is 127 Å². The van der Waals surface area contributed by atoms with Crippen LogP contribution in [0.1, 0.15) is 59.5 Å². The van der Waals surface area contributed by atoms with Gasteiger partial charge in [0.05, 0.1) is 44.4 Å². The molecule has 6 aromatic rings. The molecule has 2 atom stereocenters. The molecule has 2 saturated heterocycles. The van der Waals surface area contributed by atoms with Crippen LogP contribution in [-0.2, 0) is 27.2 Å². The number of ether oxygens (including phenoxy) is 3. The first-order valence-electron chi connectivity index (χ1n) is 24.1. The molecule has 0 saturated carbocycles. The fourth-order valence-corrected chi connectivity index (χ4v) is 9.98. The fourth-order valence-electron chi connectivity index (χ4n) is 9.98. The summed E-state index contributed by atoms with van der Waals surface area (Å²) in [7, 11) is 1.45. The van der Waals surface area contributed by atoms with E-state index >= 15 is 0 Å². The lowest BCUT2D eigenvalue weighted by Crippen LogP contribution is -2.80. The zero-order valence-electron chi connectivity index (χ0n) is 42.3. The average Bonchev–Trinajstić information content (AvgIpc) is 1.84. The Hall–Kier alpha value is -8.84. The summed E-state index contributed by atoms with van der Waals surface area (Å²) in [6, 6.07) is 20.8. The Morgan fingerprint density at radius 2 is 0.988 bits per heavy atom. The number of methoxy groups -OCH3 is 1. The molecule has 32 nitrogen and oxygen atoms in total. The summed E-state index contributed by atoms with van der Waals surface area (Å²) in [6.07, 6.45) is -2.47. The van der Waals surface area contributed by atoms with Crippen molar-refractivity contribution in [3.05, 3.63) is 131 Å². The zero-order valence-corrected chi connectivity index (χ0v) is 42.3. The van der Waals surface area contributed by atoms with Gasteiger partial charge < -0.3 is 96.8 Å². The molecule has 6 amide bonds. The van der Waals surface area contributed by atoms with Gasteiger partial charge >= 0.3 is 5.79 Å². The number of primary amides is 2. The van der Waals surface area contributed by atoms with E-state index in [9.17, 15) is 90.0 Å². The Balaban J connectivity index is 0.841. The first-order chi connectivity index (χ1) is 38.3. The Kier molecular flexibility index (Phi) is 13.2. The number of nitrogens with two attached hydrogens (primary N) is 3. The summed E-state index contributed by atoms with van der Waals surface area (Å²) >= 11 is 0. The van der Waals surface area contributed by atoms with Crippen LogP contribution >= 0.6 is 0 Å². The van der Waals surface area contributed by atoms with Crippen molar-refractivity contribution in [3.63, 3.8) is 0 Å². The molecule has 2 unspecified atom stereocenters. The van der Waals surface area contributed by atoms with Crippen molar-refractivity contribution in [2.45, 2.75) is 60.0 Å². The van der Waals surface area contributed by atoms with Crippen molar-refractivity contribution in [2.24, 2.45) is 17.2 Å². The van der Waals surface area contributed by atoms with Crippen LogP contribution in [0, 0.1) is 0 Å². The second-order valence-electron chi connectivity index (χ2n) is 19.6. The molecule has 82 heavy (non-hydrogen) atoms. The molecule has 4 aliphatic heterocycles. The van der Waals surface area contributed by atoms with E-state index in [1.54, 1.807) is 24.3 Å². The number of carbonyl (C=O) groups is 6. The monoisotopic (exact) mass is 1140 g/mol. The van der Waals surface area contributed by atoms with Gasteiger partial charge in [0.1, 0.15) is 22.9 Å². The number of β-amino-alcohol motifs (C(OH)–C–C–N with tert-alkyl or cyclic N) is 3. The third-order valence-electron chi connectivity index (χ3n) is 14.3. The molecule has 18 N–H and O–H groups in total. The van der Waals surface area contributed by atoms with Gasteiger partial charge in [-0.05, 0) is 97.1 Å². The molecule has 6 heterocycles. The van der Waals surface area contributed by atoms with E-state index in [1.165, 1.54) is 60.3 Å². The van der Waals surface area contributed by atoms with Crippen LogP contribution in [-0.4, -0.2) is 184 Å². The number of rotatable bonds is 13. The van der Waals surface area contributed by atoms with Gasteiger partial charge in [0.2, 0.25) is 29.1 Å². The highest BCUT2D eigenvalue weighted by Crippen LogP contribution is 2.42. The molecule has 0 aliphatic carbocycles. The molecular weight excluding hydrogens is 1090 g/mol. The summed E-state index contributed by atoms with van der Waals surface area (Å²) in [4.78, 5) is 82.5. The fraction of sp³-hybridized carbons (Fsp3) is 0.280. The molecular formula is C50H49N11O21. The highest BCUT2D eigenvalue weighted by molar-refractivity contribution is 6.12. The van der Waals surface area contributed by atoms with E-state index in [4.69, 9.17) is 31.4 Å². The Morgan fingerprint density at radius 3 is 1.49 bits per heavy atom. The maximum atomic E-state index is 14.3. The molecule has 0 radical (unpaired) electrons. The highest BCUT2D eigenvalue weighted by atomic mass is 16.7. The number of aliphatic hydroxyl groups is 12. The number of amides is 6. The number of benzene rings is 4. The zero-order chi connectivity index (χ0) is 59.6. The van der Waals surface area contributed by atoms with Crippen LogP contribution in [0.3, 0.4) is 0 Å². The lowest BCUT2D eigenvalue weighted by atomic mass is 9.89. The van der Waals surface area contributed by atoms with Crippen LogP contribution in [0.4, 0.5) is 22.7 Å². The van der Waals surface area contributed by atoms with Crippen molar-refractivity contribution >= 4 is 58.2 Å². The second kappa shape index (κ2) is 19.1. The number of hydrogen-bond acceptors (Lipinski definition) is 24. The summed E-state index contributed by atoms with van der Waals surface area (Å²) in [5, 5.41) is 136. The number of aromatic nitrogens is 4. The van der Waals surface area contributed by atoms with Crippen molar-refractivity contribution < 1.29 is 104 Å². The number of anilines is 4. The SMILES string of the molecule is COc1ccc(-n2nc(C(N)=O)c3c2C(=O)N(c2ccc(N4CC(O)(OCOc5ccc(-n6nc(C(N)=O)c7c6C(=O)N(c6ccc(N8CC(O)(O)C(O)(O)C(O)(O)C8=O)cc6)C(O)(O)C7)cc5)C(O)(O)CC4=O)cc2)C(N)(O)C3)cc1. The molecule has 4 aromatic carbocycles. The summed E-state index contributed by atoms with van der Waals surface area (Å²) in [5.41, 5.74) is 15.6. The maximum Gasteiger partial charge on any atom is 0.306 e. The quantitative estimate of drug-likeness (QED) is 0.0480. The van der Waals surface area contributed by atoms with Gasteiger partial charge in [-0.2, -0.15) is 10.2 Å². The first kappa shape index (κ1) is 56.4. The third-order valence-corrected chi connectivity index (χ3v) is 14.3. The first-order valence-corrected chi connectivity index (χ1v) is 24.1. The number of hydrogen-bond donors (Lipinski definition) is 15. The van der Waals surface area contributed by atoms with Crippen LogP contribution in [0.15, 0.2) is 97.1 Å². The lowest BCUT2D eigenvalue weighted by Gasteiger charge is -2.49. The molecule has 32 heteroatoms. The molecule has 4 aliphatic rings. The van der Waals surface area contributed by atoms with Crippen molar-refractivity contribution in [1.82, 2.24) is 19.6 Å². The topological polar surface area (TPSA) is 500 Å². The minimum Gasteiger partial charge on any atom is -0.497 e. The molecule has 2 aromatic heterocycles. The summed E-state index contributed by atoms with van der Waals surface area (Å²) in [5.74, 6) is -30.1. The minimum atomic E-state index is -4.14. The number of nitrogens with zero attached hydrogens (tertiary/aromatic N) is 8. The van der Waals surface area contributed by atoms with Crippen molar-refractivity contribution in [1.29, 1.82) is 0 Å². The standard InChI is InChI=1S/C50H49N11O21/c1-80-30-14-10-28(11-15-30)60-37-32(35(54-60)39(51)63)18-47(53,73)58(41(37)65)26-6-2-24(3-7-26)56-22-46(72,44(68,69)20-34(56)62)82-23-81-31-16-12-29(13-17-31)61-38-33(36(55-61)40(52)64)19-48(74,75)59(42(38)66)27-8-4-25(5-9-27)57-21-45(70,71)50(78,79)49(76,77)43(57)67/h2-17,68-79H,18-23,53H2,1H3,(H2,51,63)(H2,52,64). The third kappa shape index (κ3) is 8.92. The Bertz CT molecular complexity index is 3620. The van der Waals surface area contributed by atoms with Gasteiger partial charge in [-0.15, -0.1) is 0 Å². The van der Waals surface area contributed by atoms with E-state index in [1.807, 2.05) is 0 Å². The second-order valence-corrected chi connectivity index (χ2v) is 19.6. The van der Waals surface area contributed by atoms with E-state index in [2.05, 4.69) is 10.2 Å². The summed E-state index contributed by atoms with van der Waals surface area (Å²) < 4.78 is 18.4. The normalized spacial score (nSPS) is 22.4. The molecule has 0 spiro atoms. The van der Waals surface area contributed by atoms with Crippen LogP contribution in [0.25, 0.3) is 11.4 Å². The average molecular weight is 1140 g/mol. The van der Waals surface area contributed by atoms with Crippen LogP contribution in [0.5, 0.6) is 11.5 Å². The Morgan fingerprint density at radius 1 is 0.549 bits per heavy atom. The predicted molar refractivity (Wildman–Crippen MR) is 270 cm³/mol. The molecule has 10 rings (SSSR count).